The first-order valence-electron chi connectivity index (χ1n) is 5.00. The molecular formula is C9H7ClN4O4S2. The fourth-order valence-electron chi connectivity index (χ4n) is 1.31. The van der Waals surface area contributed by atoms with Crippen molar-refractivity contribution >= 4 is 44.9 Å². The predicted octanol–water partition coefficient (Wildman–Crippen LogP) is 1.39. The van der Waals surface area contributed by atoms with E-state index in [4.69, 9.17) is 16.7 Å². The van der Waals surface area contributed by atoms with Crippen molar-refractivity contribution < 1.29 is 18.3 Å². The van der Waals surface area contributed by atoms with E-state index in [-0.39, 0.29) is 11.1 Å². The average Bonchev–Trinajstić information content (AvgIpc) is 2.75. The number of carboxylic acid groups (broad SMARTS) is 1. The minimum Gasteiger partial charge on any atom is -0.476 e. The second-order valence-electron chi connectivity index (χ2n) is 3.55. The molecule has 2 aromatic rings. The molecule has 2 aromatic heterocycles. The summed E-state index contributed by atoms with van der Waals surface area (Å²) >= 11 is 6.38. The molecule has 2 N–H and O–H groups in total. The van der Waals surface area contributed by atoms with Crippen LogP contribution in [0, 0.1) is 6.92 Å². The van der Waals surface area contributed by atoms with Crippen LogP contribution in [-0.2, 0) is 10.0 Å². The Morgan fingerprint density at radius 2 is 2.15 bits per heavy atom. The highest BCUT2D eigenvalue weighted by atomic mass is 35.5. The van der Waals surface area contributed by atoms with Crippen LogP contribution in [0.25, 0.3) is 0 Å². The van der Waals surface area contributed by atoms with Crippen LogP contribution in [0.3, 0.4) is 0 Å². The third kappa shape index (κ3) is 3.03. The summed E-state index contributed by atoms with van der Waals surface area (Å²) in [4.78, 5) is 21.9. The fourth-order valence-corrected chi connectivity index (χ4v) is 3.63. The number of hydrogen-bond acceptors (Lipinski definition) is 7. The zero-order chi connectivity index (χ0) is 14.9. The third-order valence-corrected chi connectivity index (χ3v) is 4.92. The van der Waals surface area contributed by atoms with Crippen molar-refractivity contribution in [3.05, 3.63) is 28.1 Å². The van der Waals surface area contributed by atoms with Gasteiger partial charge in [-0.2, -0.15) is 0 Å². The van der Waals surface area contributed by atoms with Gasteiger partial charge in [-0.3, -0.25) is 0 Å². The van der Waals surface area contributed by atoms with Crippen LogP contribution in [0.15, 0.2) is 15.8 Å². The van der Waals surface area contributed by atoms with Crippen LogP contribution in [-0.4, -0.2) is 34.4 Å². The number of nitrogens with one attached hydrogen (secondary N) is 1. The van der Waals surface area contributed by atoms with Crippen LogP contribution in [0.5, 0.6) is 0 Å². The van der Waals surface area contributed by atoms with Gasteiger partial charge >= 0.3 is 5.97 Å². The number of nitrogens with zero attached hydrogens (tertiary/aromatic N) is 3. The number of carboxylic acids is 1. The molecule has 0 radical (unpaired) electrons. The summed E-state index contributed by atoms with van der Waals surface area (Å²) in [5, 5.41) is 8.94. The molecule has 2 rings (SSSR count). The molecule has 8 nitrogen and oxygen atoms in total. The van der Waals surface area contributed by atoms with Gasteiger partial charge in [0.25, 0.3) is 10.0 Å². The van der Waals surface area contributed by atoms with Crippen molar-refractivity contribution in [2.75, 3.05) is 4.72 Å². The number of sulfonamides is 1. The molecule has 0 aliphatic heterocycles. The molecule has 0 aromatic carbocycles. The number of carbonyl (C=O) groups is 1. The van der Waals surface area contributed by atoms with Gasteiger partial charge in [0.1, 0.15) is 5.15 Å². The van der Waals surface area contributed by atoms with Gasteiger partial charge in [-0.1, -0.05) is 11.6 Å². The van der Waals surface area contributed by atoms with Crippen LogP contribution in [0.2, 0.25) is 5.15 Å². The summed E-state index contributed by atoms with van der Waals surface area (Å²) in [5.74, 6) is -1.67. The van der Waals surface area contributed by atoms with E-state index >= 15 is 0 Å². The highest BCUT2D eigenvalue weighted by molar-refractivity contribution is 7.94. The molecule has 0 fully saturated rings. The number of anilines is 1. The molecule has 0 aliphatic rings. The Labute approximate surface area is 122 Å². The topological polar surface area (TPSA) is 122 Å². The Hall–Kier alpha value is -1.78. The molecule has 0 bridgehead atoms. The summed E-state index contributed by atoms with van der Waals surface area (Å²) in [5.41, 5.74) is 1.04. The maximum atomic E-state index is 12.1. The number of aromatic nitrogens is 3. The van der Waals surface area contributed by atoms with Crippen LogP contribution < -0.4 is 4.72 Å². The van der Waals surface area contributed by atoms with Crippen molar-refractivity contribution in [3.8, 4) is 0 Å². The van der Waals surface area contributed by atoms with E-state index < -0.39 is 25.9 Å². The first kappa shape index (κ1) is 14.6. The normalized spacial score (nSPS) is 11.3. The first-order valence-corrected chi connectivity index (χ1v) is 7.74. The molecule has 0 atom stereocenters. The molecule has 0 amide bonds. The lowest BCUT2D eigenvalue weighted by molar-refractivity contribution is 0.0687. The van der Waals surface area contributed by atoms with E-state index in [1.165, 1.54) is 6.07 Å². The van der Waals surface area contributed by atoms with Gasteiger partial charge in [-0.05, 0) is 13.0 Å². The number of aromatic carboxylic acids is 1. The smallest absolute Gasteiger partial charge is 0.356 e. The second-order valence-corrected chi connectivity index (χ2v) is 6.67. The first-order chi connectivity index (χ1) is 9.29. The molecule has 20 heavy (non-hydrogen) atoms. The molecule has 0 aliphatic carbocycles. The van der Waals surface area contributed by atoms with Gasteiger partial charge in [-0.15, -0.1) is 11.3 Å². The maximum Gasteiger partial charge on any atom is 0.356 e. The summed E-state index contributed by atoms with van der Waals surface area (Å²) in [6.07, 6.45) is 0. The minimum absolute atomic E-state index is 0.0676. The SMILES string of the molecule is Cc1cc(Cl)nc(NS(=O)(=O)c2scnc2C(=O)O)n1. The molecule has 106 valence electrons. The van der Waals surface area contributed by atoms with Crippen molar-refractivity contribution in [1.29, 1.82) is 0 Å². The van der Waals surface area contributed by atoms with Crippen LogP contribution in [0.1, 0.15) is 16.2 Å². The lowest BCUT2D eigenvalue weighted by atomic mass is 10.5. The van der Waals surface area contributed by atoms with E-state index in [9.17, 15) is 13.2 Å². The molecule has 0 saturated carbocycles. The number of thiazole rings is 1. The van der Waals surface area contributed by atoms with Gasteiger partial charge in [0.15, 0.2) is 9.90 Å². The fraction of sp³-hybridized carbons (Fsp3) is 0.111. The van der Waals surface area contributed by atoms with Crippen molar-refractivity contribution in [2.24, 2.45) is 0 Å². The zero-order valence-corrected chi connectivity index (χ0v) is 12.3. The average molecular weight is 335 g/mol. The van der Waals surface area contributed by atoms with Gasteiger partial charge in [-0.25, -0.2) is 32.9 Å². The van der Waals surface area contributed by atoms with Crippen LogP contribution in [0.4, 0.5) is 5.95 Å². The molecular weight excluding hydrogens is 328 g/mol. The van der Waals surface area contributed by atoms with Crippen molar-refractivity contribution in [2.45, 2.75) is 11.1 Å². The van der Waals surface area contributed by atoms with E-state index in [0.717, 1.165) is 5.51 Å². The monoisotopic (exact) mass is 334 g/mol. The Balaban J connectivity index is 2.41. The third-order valence-electron chi connectivity index (χ3n) is 2.03. The zero-order valence-electron chi connectivity index (χ0n) is 9.86. The van der Waals surface area contributed by atoms with Gasteiger partial charge in [0.2, 0.25) is 5.95 Å². The number of rotatable bonds is 4. The Morgan fingerprint density at radius 3 is 2.75 bits per heavy atom. The maximum absolute atomic E-state index is 12.1. The second kappa shape index (κ2) is 5.31. The highest BCUT2D eigenvalue weighted by Gasteiger charge is 2.26. The molecule has 0 unspecified atom stereocenters. The molecule has 0 spiro atoms. The standard InChI is InChI=1S/C9H7ClN4O4S2/c1-4-2-5(10)13-9(12-4)14-20(17,18)8-6(7(15)16)11-3-19-8/h2-3H,1H3,(H,15,16)(H,12,13,14). The van der Waals surface area contributed by atoms with Gasteiger partial charge in [0, 0.05) is 5.69 Å². The lowest BCUT2D eigenvalue weighted by Crippen LogP contribution is -2.17. The van der Waals surface area contributed by atoms with Crippen LogP contribution >= 0.6 is 22.9 Å². The number of aryl methyl sites for hydroxylation is 1. The quantitative estimate of drug-likeness (QED) is 0.810. The molecule has 2 heterocycles. The summed E-state index contributed by atoms with van der Waals surface area (Å²) in [7, 11) is -4.14. The number of halogens is 1. The lowest BCUT2D eigenvalue weighted by Gasteiger charge is -2.06. The Bertz CT molecular complexity index is 754. The molecule has 0 saturated heterocycles. The van der Waals surface area contributed by atoms with Crippen molar-refractivity contribution in [3.63, 3.8) is 0 Å². The number of hydrogen-bond donors (Lipinski definition) is 2. The summed E-state index contributed by atoms with van der Waals surface area (Å²) < 4.78 is 25.8. The minimum atomic E-state index is -4.14. The largest absolute Gasteiger partial charge is 0.476 e. The Kier molecular flexibility index (Phi) is 3.88. The van der Waals surface area contributed by atoms with E-state index in [0.29, 0.717) is 17.0 Å². The highest BCUT2D eigenvalue weighted by Crippen LogP contribution is 2.22. The summed E-state index contributed by atoms with van der Waals surface area (Å²) in [6.45, 7) is 1.61. The van der Waals surface area contributed by atoms with E-state index in [1.807, 2.05) is 0 Å². The predicted molar refractivity (Wildman–Crippen MR) is 71.7 cm³/mol. The van der Waals surface area contributed by atoms with Crippen molar-refractivity contribution in [1.82, 2.24) is 15.0 Å². The van der Waals surface area contributed by atoms with E-state index in [2.05, 4.69) is 19.7 Å². The van der Waals surface area contributed by atoms with E-state index in [1.54, 1.807) is 6.92 Å². The van der Waals surface area contributed by atoms with Gasteiger partial charge < -0.3 is 5.11 Å². The summed E-state index contributed by atoms with van der Waals surface area (Å²) in [6, 6.07) is 1.45. The van der Waals surface area contributed by atoms with Gasteiger partial charge in [0.05, 0.1) is 5.51 Å². The Morgan fingerprint density at radius 1 is 1.45 bits per heavy atom. The molecule has 11 heteroatoms.